The Kier molecular flexibility index (Phi) is 7.10. The number of carbonyl (C=O) groups is 2. The molecule has 0 aromatic heterocycles. The predicted molar refractivity (Wildman–Crippen MR) is 118 cm³/mol. The number of hydrogen-bond acceptors (Lipinski definition) is 5. The molecule has 0 saturated heterocycles. The van der Waals surface area contributed by atoms with E-state index < -0.39 is 5.97 Å². The number of allylic oxidation sites excluding steroid dienone is 1. The summed E-state index contributed by atoms with van der Waals surface area (Å²) in [6.45, 7) is 0. The molecule has 0 aliphatic carbocycles. The van der Waals surface area contributed by atoms with Gasteiger partial charge in [-0.25, -0.2) is 9.18 Å². The number of aromatic carboxylic acids is 1. The number of ketones is 1. The normalized spacial score (nSPS) is 11.2. The summed E-state index contributed by atoms with van der Waals surface area (Å²) in [5.41, 5.74) is 1.85. The third kappa shape index (κ3) is 5.73. The molecule has 0 saturated carbocycles. The zero-order valence-electron chi connectivity index (χ0n) is 16.5. The van der Waals surface area contributed by atoms with Crippen LogP contribution >= 0.6 is 11.8 Å². The number of carboxylic acids is 1. The molecule has 0 amide bonds. The van der Waals surface area contributed by atoms with E-state index in [1.807, 2.05) is 0 Å². The highest BCUT2D eigenvalue weighted by Crippen LogP contribution is 2.31. The standard InChI is InChI=1S/C24H19FO5S/c1-30-21-11-4-16(12-20(21)26)13-22(31-14-15-2-9-19(25)10-3-15)23(27)17-5-7-18(8-6-17)24(28)29/h2-13,26H,14H2,1H3,(H,28,29). The molecule has 3 aromatic carbocycles. The van der Waals surface area contributed by atoms with Crippen molar-refractivity contribution in [3.05, 3.63) is 99.7 Å². The lowest BCUT2D eigenvalue weighted by molar-refractivity contribution is 0.0696. The number of hydrogen-bond donors (Lipinski definition) is 2. The van der Waals surface area contributed by atoms with E-state index in [2.05, 4.69) is 0 Å². The second kappa shape index (κ2) is 9.95. The minimum atomic E-state index is -1.07. The molecule has 3 aromatic rings. The summed E-state index contributed by atoms with van der Waals surface area (Å²) >= 11 is 1.26. The lowest BCUT2D eigenvalue weighted by Crippen LogP contribution is -2.03. The van der Waals surface area contributed by atoms with Crippen molar-refractivity contribution < 1.29 is 28.9 Å². The van der Waals surface area contributed by atoms with E-state index in [-0.39, 0.29) is 22.9 Å². The Morgan fingerprint density at radius 1 is 1.00 bits per heavy atom. The van der Waals surface area contributed by atoms with Crippen molar-refractivity contribution >= 4 is 29.6 Å². The van der Waals surface area contributed by atoms with Gasteiger partial charge >= 0.3 is 5.97 Å². The number of halogens is 1. The largest absolute Gasteiger partial charge is 0.504 e. The SMILES string of the molecule is COc1ccc(C=C(SCc2ccc(F)cc2)C(=O)c2ccc(C(=O)O)cc2)cc1O. The van der Waals surface area contributed by atoms with Crippen LogP contribution in [-0.4, -0.2) is 29.1 Å². The first kappa shape index (κ1) is 22.1. The molecule has 3 rings (SSSR count). The van der Waals surface area contributed by atoms with E-state index in [1.165, 1.54) is 61.3 Å². The molecular formula is C24H19FO5S. The number of aromatic hydroxyl groups is 1. The van der Waals surface area contributed by atoms with Crippen molar-refractivity contribution in [2.45, 2.75) is 5.75 Å². The summed E-state index contributed by atoms with van der Waals surface area (Å²) in [5, 5.41) is 19.1. The molecule has 0 unspecified atom stereocenters. The summed E-state index contributed by atoms with van der Waals surface area (Å²) in [6, 6.07) is 16.4. The van der Waals surface area contributed by atoms with Gasteiger partial charge in [-0.15, -0.1) is 11.8 Å². The van der Waals surface area contributed by atoms with E-state index in [0.29, 0.717) is 27.5 Å². The van der Waals surface area contributed by atoms with Gasteiger partial charge in [-0.1, -0.05) is 30.3 Å². The summed E-state index contributed by atoms with van der Waals surface area (Å²) < 4.78 is 18.2. The monoisotopic (exact) mass is 438 g/mol. The zero-order chi connectivity index (χ0) is 22.4. The van der Waals surface area contributed by atoms with Gasteiger partial charge in [0.25, 0.3) is 0 Å². The van der Waals surface area contributed by atoms with Crippen LogP contribution in [0.15, 0.2) is 71.6 Å². The van der Waals surface area contributed by atoms with E-state index >= 15 is 0 Å². The maximum Gasteiger partial charge on any atom is 0.335 e. The van der Waals surface area contributed by atoms with Crippen molar-refractivity contribution in [2.75, 3.05) is 7.11 Å². The fourth-order valence-electron chi connectivity index (χ4n) is 2.77. The van der Waals surface area contributed by atoms with E-state index in [4.69, 9.17) is 9.84 Å². The molecule has 7 heteroatoms. The van der Waals surface area contributed by atoms with Crippen LogP contribution in [0.4, 0.5) is 4.39 Å². The minimum absolute atomic E-state index is 0.0580. The predicted octanol–water partition coefficient (Wildman–Crippen LogP) is 5.40. The molecule has 0 fully saturated rings. The van der Waals surface area contributed by atoms with E-state index in [0.717, 1.165) is 5.56 Å². The number of benzene rings is 3. The number of rotatable bonds is 8. The molecule has 0 spiro atoms. The van der Waals surface area contributed by atoms with Crippen LogP contribution in [0.2, 0.25) is 0 Å². The van der Waals surface area contributed by atoms with Crippen molar-refractivity contribution in [2.24, 2.45) is 0 Å². The molecule has 0 radical (unpaired) electrons. The maximum atomic E-state index is 13.2. The van der Waals surface area contributed by atoms with Crippen LogP contribution in [0.1, 0.15) is 31.8 Å². The van der Waals surface area contributed by atoms with Crippen LogP contribution in [0.5, 0.6) is 11.5 Å². The number of thioether (sulfide) groups is 1. The quantitative estimate of drug-likeness (QED) is 0.362. The van der Waals surface area contributed by atoms with Gasteiger partial charge < -0.3 is 14.9 Å². The van der Waals surface area contributed by atoms with Crippen LogP contribution < -0.4 is 4.74 Å². The van der Waals surface area contributed by atoms with Gasteiger partial charge in [-0.2, -0.15) is 0 Å². The fourth-order valence-corrected chi connectivity index (χ4v) is 3.75. The lowest BCUT2D eigenvalue weighted by Gasteiger charge is -2.09. The van der Waals surface area contributed by atoms with E-state index in [9.17, 15) is 19.1 Å². The van der Waals surface area contributed by atoms with Crippen LogP contribution in [-0.2, 0) is 5.75 Å². The smallest absolute Gasteiger partial charge is 0.335 e. The first-order valence-electron chi connectivity index (χ1n) is 9.21. The highest BCUT2D eigenvalue weighted by molar-refractivity contribution is 8.03. The molecule has 0 aliphatic rings. The Labute approximate surface area is 182 Å². The summed E-state index contributed by atoms with van der Waals surface area (Å²) in [7, 11) is 1.44. The average molecular weight is 438 g/mol. The topological polar surface area (TPSA) is 83.8 Å². The highest BCUT2D eigenvalue weighted by Gasteiger charge is 2.15. The van der Waals surface area contributed by atoms with E-state index in [1.54, 1.807) is 30.3 Å². The molecule has 2 N–H and O–H groups in total. The third-order valence-electron chi connectivity index (χ3n) is 4.43. The van der Waals surface area contributed by atoms with Gasteiger partial charge in [0.1, 0.15) is 5.82 Å². The van der Waals surface area contributed by atoms with Gasteiger partial charge in [0.15, 0.2) is 17.3 Å². The third-order valence-corrected chi connectivity index (χ3v) is 5.52. The zero-order valence-corrected chi connectivity index (χ0v) is 17.4. The maximum absolute atomic E-state index is 13.2. The molecule has 5 nitrogen and oxygen atoms in total. The minimum Gasteiger partial charge on any atom is -0.504 e. The number of Topliss-reactive ketones (excluding diaryl/α,β-unsaturated/α-hetero) is 1. The Hall–Kier alpha value is -3.58. The van der Waals surface area contributed by atoms with Crippen molar-refractivity contribution in [3.63, 3.8) is 0 Å². The van der Waals surface area contributed by atoms with Gasteiger partial charge in [-0.05, 0) is 53.6 Å². The second-order valence-electron chi connectivity index (χ2n) is 6.57. The Bertz CT molecular complexity index is 1120. The van der Waals surface area contributed by atoms with Gasteiger partial charge in [0.05, 0.1) is 17.6 Å². The van der Waals surface area contributed by atoms with Gasteiger partial charge in [0.2, 0.25) is 0 Å². The van der Waals surface area contributed by atoms with Gasteiger partial charge in [-0.3, -0.25) is 4.79 Å². The Morgan fingerprint density at radius 2 is 1.65 bits per heavy atom. The molecule has 0 aliphatic heterocycles. The molecule has 0 heterocycles. The number of methoxy groups -OCH3 is 1. The van der Waals surface area contributed by atoms with Crippen LogP contribution in [0, 0.1) is 5.82 Å². The second-order valence-corrected chi connectivity index (χ2v) is 7.58. The fraction of sp³-hybridized carbons (Fsp3) is 0.0833. The molecular weight excluding hydrogens is 419 g/mol. The molecule has 31 heavy (non-hydrogen) atoms. The number of phenols is 1. The Balaban J connectivity index is 1.92. The van der Waals surface area contributed by atoms with Crippen molar-refractivity contribution in [3.8, 4) is 11.5 Å². The summed E-state index contributed by atoms with van der Waals surface area (Å²) in [4.78, 5) is 24.6. The summed E-state index contributed by atoms with van der Waals surface area (Å²) in [6.07, 6.45) is 1.64. The number of phenolic OH excluding ortho intramolecular Hbond substituents is 1. The molecule has 0 atom stereocenters. The lowest BCUT2D eigenvalue weighted by atomic mass is 10.1. The molecule has 0 bridgehead atoms. The highest BCUT2D eigenvalue weighted by atomic mass is 32.2. The Morgan fingerprint density at radius 3 is 2.23 bits per heavy atom. The first-order valence-corrected chi connectivity index (χ1v) is 10.2. The van der Waals surface area contributed by atoms with Crippen molar-refractivity contribution in [1.29, 1.82) is 0 Å². The summed E-state index contributed by atoms with van der Waals surface area (Å²) in [5.74, 6) is -1.03. The average Bonchev–Trinajstić information content (AvgIpc) is 2.77. The van der Waals surface area contributed by atoms with Gasteiger partial charge in [0, 0.05) is 11.3 Å². The number of carboxylic acid groups (broad SMARTS) is 1. The van der Waals surface area contributed by atoms with Crippen LogP contribution in [0.25, 0.3) is 6.08 Å². The number of ether oxygens (including phenoxy) is 1. The first-order chi connectivity index (χ1) is 14.9. The molecule has 158 valence electrons. The van der Waals surface area contributed by atoms with Crippen LogP contribution in [0.3, 0.4) is 0 Å². The van der Waals surface area contributed by atoms with Crippen molar-refractivity contribution in [1.82, 2.24) is 0 Å². The number of carbonyl (C=O) groups excluding carboxylic acids is 1.